The van der Waals surface area contributed by atoms with E-state index in [-0.39, 0.29) is 18.9 Å². The molecule has 476 valence electrons. The van der Waals surface area contributed by atoms with Gasteiger partial charge in [0.05, 0.1) is 32.0 Å². The highest BCUT2D eigenvalue weighted by Crippen LogP contribution is 2.30. The summed E-state index contributed by atoms with van der Waals surface area (Å²) >= 11 is 0. The number of carbonyl (C=O) groups is 1. The number of hydrogen-bond donors (Lipinski definition) is 9. The van der Waals surface area contributed by atoms with E-state index in [1.54, 1.807) is 6.08 Å². The van der Waals surface area contributed by atoms with Gasteiger partial charge in [0.25, 0.3) is 0 Å². The minimum absolute atomic E-state index is 0.245. The van der Waals surface area contributed by atoms with E-state index in [2.05, 4.69) is 43.5 Å². The summed E-state index contributed by atoms with van der Waals surface area (Å²) in [5.74, 6) is -0.245. The maximum atomic E-state index is 13.3. The Kier molecular flexibility index (Phi) is 48.8. The van der Waals surface area contributed by atoms with E-state index in [1.807, 2.05) is 6.08 Å². The minimum Gasteiger partial charge on any atom is -0.394 e. The summed E-state index contributed by atoms with van der Waals surface area (Å²) in [5, 5.41) is 87.3. The summed E-state index contributed by atoms with van der Waals surface area (Å²) < 4.78 is 22.8. The minimum atomic E-state index is -1.79. The lowest BCUT2D eigenvalue weighted by molar-refractivity contribution is -0.359. The van der Waals surface area contributed by atoms with E-state index >= 15 is 0 Å². The second-order valence-corrected chi connectivity index (χ2v) is 23.9. The van der Waals surface area contributed by atoms with Crippen LogP contribution in [0.25, 0.3) is 0 Å². The number of unbranched alkanes of at least 4 members (excludes halogenated alkanes) is 38. The molecule has 2 saturated heterocycles. The highest BCUT2D eigenvalue weighted by molar-refractivity contribution is 5.76. The topological polar surface area (TPSA) is 228 Å². The zero-order valence-corrected chi connectivity index (χ0v) is 51.5. The van der Waals surface area contributed by atoms with Crippen molar-refractivity contribution < 1.29 is 64.6 Å². The standard InChI is InChI=1S/C67H125NO13/c1-3-5-7-9-11-13-15-17-19-21-23-25-26-27-28-29-30-31-33-35-37-39-41-43-45-47-49-51-59(72)68-55(56(71)50-48-46-44-42-40-38-36-34-32-24-22-20-18-16-14-12-10-8-6-4-2)54-78-66-64(77)62(75)65(58(53-70)80-66)81-67-63(76)61(74)60(73)57(52-69)79-67/h21,23,40,42,48,50,55-58,60-67,69-71,73-77H,3-20,22,24-39,41,43-47,49,51-54H2,1-2H3,(H,68,72)/b23-21-,42-40+,50-48+. The van der Waals surface area contributed by atoms with Crippen molar-refractivity contribution >= 4 is 5.91 Å². The third-order valence-electron chi connectivity index (χ3n) is 16.5. The Balaban J connectivity index is 1.71. The summed E-state index contributed by atoms with van der Waals surface area (Å²) in [4.78, 5) is 13.3. The van der Waals surface area contributed by atoms with Gasteiger partial charge < -0.3 is 65.1 Å². The van der Waals surface area contributed by atoms with Crippen molar-refractivity contribution in [3.63, 3.8) is 0 Å². The molecule has 0 aromatic heterocycles. The van der Waals surface area contributed by atoms with Crippen molar-refractivity contribution in [3.05, 3.63) is 36.5 Å². The van der Waals surface area contributed by atoms with Gasteiger partial charge in [0, 0.05) is 6.42 Å². The van der Waals surface area contributed by atoms with Crippen LogP contribution in [-0.4, -0.2) is 140 Å². The van der Waals surface area contributed by atoms with Gasteiger partial charge in [0.1, 0.15) is 48.8 Å². The largest absolute Gasteiger partial charge is 0.394 e. The zero-order valence-electron chi connectivity index (χ0n) is 51.5. The van der Waals surface area contributed by atoms with Gasteiger partial charge >= 0.3 is 0 Å². The molecule has 2 heterocycles. The van der Waals surface area contributed by atoms with Gasteiger partial charge in [-0.2, -0.15) is 0 Å². The van der Waals surface area contributed by atoms with Crippen LogP contribution < -0.4 is 5.32 Å². The molecule has 14 heteroatoms. The Bertz CT molecular complexity index is 1500. The lowest BCUT2D eigenvalue weighted by Gasteiger charge is -2.46. The number of hydrogen-bond acceptors (Lipinski definition) is 13. The van der Waals surface area contributed by atoms with Gasteiger partial charge in [-0.15, -0.1) is 0 Å². The number of aliphatic hydroxyl groups is 8. The van der Waals surface area contributed by atoms with E-state index in [9.17, 15) is 45.6 Å². The van der Waals surface area contributed by atoms with Crippen molar-refractivity contribution in [2.75, 3.05) is 19.8 Å². The molecule has 2 aliphatic heterocycles. The molecule has 0 aromatic rings. The number of rotatable bonds is 55. The lowest BCUT2D eigenvalue weighted by atomic mass is 9.97. The number of nitrogens with one attached hydrogen (secondary N) is 1. The van der Waals surface area contributed by atoms with Crippen LogP contribution in [0.1, 0.15) is 290 Å². The quantitative estimate of drug-likeness (QED) is 0.0204. The molecule has 81 heavy (non-hydrogen) atoms. The lowest BCUT2D eigenvalue weighted by Crippen LogP contribution is -2.65. The molecule has 2 rings (SSSR count). The molecule has 0 radical (unpaired) electrons. The van der Waals surface area contributed by atoms with Crippen LogP contribution in [-0.2, 0) is 23.7 Å². The molecule has 0 spiro atoms. The molecule has 9 N–H and O–H groups in total. The normalized spacial score (nSPS) is 24.3. The Morgan fingerprint density at radius 2 is 0.790 bits per heavy atom. The maximum Gasteiger partial charge on any atom is 0.220 e. The van der Waals surface area contributed by atoms with Crippen LogP contribution in [0.3, 0.4) is 0 Å². The summed E-state index contributed by atoms with van der Waals surface area (Å²) in [6, 6.07) is -0.931. The van der Waals surface area contributed by atoms with E-state index in [1.165, 1.54) is 225 Å². The van der Waals surface area contributed by atoms with Crippen LogP contribution in [0.2, 0.25) is 0 Å². The molecule has 1 amide bonds. The first-order chi connectivity index (χ1) is 39.6. The van der Waals surface area contributed by atoms with E-state index in [0.29, 0.717) is 12.8 Å². The van der Waals surface area contributed by atoms with Gasteiger partial charge in [0.2, 0.25) is 5.91 Å². The van der Waals surface area contributed by atoms with Crippen molar-refractivity contribution in [3.8, 4) is 0 Å². The first-order valence-electron chi connectivity index (χ1n) is 33.7. The van der Waals surface area contributed by atoms with Crippen LogP contribution in [0, 0.1) is 0 Å². The third-order valence-corrected chi connectivity index (χ3v) is 16.5. The molecule has 0 saturated carbocycles. The van der Waals surface area contributed by atoms with Crippen molar-refractivity contribution in [2.24, 2.45) is 0 Å². The Morgan fingerprint density at radius 1 is 0.432 bits per heavy atom. The van der Waals surface area contributed by atoms with Crippen LogP contribution >= 0.6 is 0 Å². The fraction of sp³-hybridized carbons (Fsp3) is 0.896. The van der Waals surface area contributed by atoms with Crippen LogP contribution in [0.4, 0.5) is 0 Å². The molecular formula is C67H125NO13. The fourth-order valence-electron chi connectivity index (χ4n) is 11.1. The number of carbonyl (C=O) groups excluding carboxylic acids is 1. The Labute approximate surface area is 493 Å². The summed E-state index contributed by atoms with van der Waals surface area (Å²) in [6.45, 7) is 2.82. The van der Waals surface area contributed by atoms with Gasteiger partial charge in [-0.1, -0.05) is 262 Å². The summed E-state index contributed by atoms with van der Waals surface area (Å²) in [6.07, 6.45) is 49.1. The molecule has 0 bridgehead atoms. The van der Waals surface area contributed by atoms with Gasteiger partial charge in [-0.25, -0.2) is 0 Å². The number of amides is 1. The molecule has 12 atom stereocenters. The van der Waals surface area contributed by atoms with Crippen molar-refractivity contribution in [2.45, 2.75) is 364 Å². The Morgan fingerprint density at radius 3 is 1.21 bits per heavy atom. The second kappa shape index (κ2) is 52.5. The number of ether oxygens (including phenoxy) is 4. The molecule has 0 aliphatic carbocycles. The average Bonchev–Trinajstić information content (AvgIpc) is 3.62. The van der Waals surface area contributed by atoms with Gasteiger partial charge in [0.15, 0.2) is 12.6 Å². The molecule has 2 aliphatic rings. The first-order valence-corrected chi connectivity index (χ1v) is 33.7. The number of allylic oxidation sites excluding steroid dienone is 5. The van der Waals surface area contributed by atoms with Crippen LogP contribution in [0.15, 0.2) is 36.5 Å². The fourth-order valence-corrected chi connectivity index (χ4v) is 11.1. The molecule has 12 unspecified atom stereocenters. The highest BCUT2D eigenvalue weighted by Gasteiger charge is 2.51. The molecular weight excluding hydrogens is 1030 g/mol. The SMILES string of the molecule is CCCCCCCCCC/C=C\CCCCCCCCCCCCCCCCCC(=O)NC(COC1OC(CO)C(OC2OC(CO)C(O)C(O)C2O)C(O)C1O)C(O)/C=C/CC/C=C/CCCCCCCCCCCCCCCC. The maximum absolute atomic E-state index is 13.3. The smallest absolute Gasteiger partial charge is 0.220 e. The van der Waals surface area contributed by atoms with Crippen molar-refractivity contribution in [1.82, 2.24) is 5.32 Å². The highest BCUT2D eigenvalue weighted by atomic mass is 16.7. The van der Waals surface area contributed by atoms with E-state index < -0.39 is 86.8 Å². The van der Waals surface area contributed by atoms with Gasteiger partial charge in [-0.05, 0) is 57.8 Å². The van der Waals surface area contributed by atoms with E-state index in [4.69, 9.17) is 18.9 Å². The Hall–Kier alpha value is -1.79. The van der Waals surface area contributed by atoms with Gasteiger partial charge in [-0.3, -0.25) is 4.79 Å². The van der Waals surface area contributed by atoms with Crippen molar-refractivity contribution in [1.29, 1.82) is 0 Å². The van der Waals surface area contributed by atoms with E-state index in [0.717, 1.165) is 32.1 Å². The predicted molar refractivity (Wildman–Crippen MR) is 328 cm³/mol. The summed E-state index contributed by atoms with van der Waals surface area (Å²) in [5.41, 5.74) is 0. The third kappa shape index (κ3) is 37.4. The summed E-state index contributed by atoms with van der Waals surface area (Å²) in [7, 11) is 0. The molecule has 0 aromatic carbocycles. The zero-order chi connectivity index (χ0) is 58.8. The van der Waals surface area contributed by atoms with Crippen LogP contribution in [0.5, 0.6) is 0 Å². The molecule has 14 nitrogen and oxygen atoms in total. The average molecular weight is 1150 g/mol. The first kappa shape index (κ1) is 75.3. The second-order valence-electron chi connectivity index (χ2n) is 23.9. The monoisotopic (exact) mass is 1150 g/mol. The molecule has 2 fully saturated rings. The number of aliphatic hydroxyl groups excluding tert-OH is 8. The predicted octanol–water partition coefficient (Wildman–Crippen LogP) is 13.0.